The van der Waals surface area contributed by atoms with E-state index >= 15 is 0 Å². The molecule has 0 aromatic rings. The van der Waals surface area contributed by atoms with Crippen molar-refractivity contribution < 1.29 is 32.9 Å². The van der Waals surface area contributed by atoms with E-state index in [4.69, 9.17) is 0 Å². The average Bonchev–Trinajstić information content (AvgIpc) is 1.14. The van der Waals surface area contributed by atoms with E-state index in [-0.39, 0.29) is 98.5 Å². The number of hydrogen-bond acceptors (Lipinski definition) is 7. The fourth-order valence-corrected chi connectivity index (χ4v) is 1.38. The van der Waals surface area contributed by atoms with E-state index in [0.29, 0.717) is 0 Å². The Hall–Kier alpha value is 3.44. The summed E-state index contributed by atoms with van der Waals surface area (Å²) in [5.74, 6) is 0. The van der Waals surface area contributed by atoms with Crippen LogP contribution in [0, 0.1) is 0 Å². The minimum absolute atomic E-state index is 0. The van der Waals surface area contributed by atoms with Crippen LogP contribution in [-0.4, -0.2) is 117 Å². The van der Waals surface area contributed by atoms with Crippen molar-refractivity contribution in [3.63, 3.8) is 0 Å². The summed E-state index contributed by atoms with van der Waals surface area (Å²) < 4.78 is 2.57. The molecule has 0 N–H and O–H groups in total. The second-order valence-electron chi connectivity index (χ2n) is 1.10. The van der Waals surface area contributed by atoms with Gasteiger partial charge >= 0.3 is 98.5 Å². The second kappa shape index (κ2) is 9.65. The van der Waals surface area contributed by atoms with Gasteiger partial charge in [0.25, 0.3) is 0 Å². The van der Waals surface area contributed by atoms with Crippen molar-refractivity contribution in [3.05, 3.63) is 0 Å². The molecule has 0 heterocycles. The zero-order valence-corrected chi connectivity index (χ0v) is 13.8. The standard InChI is InChI=1S/2Ca.Mg.O7Si2/c;;;1-8(2,3)7-9(4,5)6/q3*+2;-6. The van der Waals surface area contributed by atoms with Crippen molar-refractivity contribution in [2.75, 3.05) is 0 Å². The summed E-state index contributed by atoms with van der Waals surface area (Å²) >= 11 is 0. The molecule has 7 nitrogen and oxygen atoms in total. The molecule has 0 spiro atoms. The van der Waals surface area contributed by atoms with Crippen LogP contribution in [0.4, 0.5) is 0 Å². The largest absolute Gasteiger partial charge is 2.00 e. The molecule has 0 aliphatic carbocycles. The summed E-state index contributed by atoms with van der Waals surface area (Å²) in [4.78, 5) is 56.2. The van der Waals surface area contributed by atoms with Gasteiger partial charge in [0.2, 0.25) is 0 Å². The third-order valence-electron chi connectivity index (χ3n) is 0.250. The smallest absolute Gasteiger partial charge is 0.862 e. The van der Waals surface area contributed by atoms with Gasteiger partial charge in [-0.25, -0.2) is 0 Å². The third-order valence-corrected chi connectivity index (χ3v) is 2.25. The first-order valence-corrected chi connectivity index (χ1v) is 4.90. The van der Waals surface area contributed by atoms with Gasteiger partial charge in [-0.15, -0.1) is 18.1 Å². The van der Waals surface area contributed by atoms with Gasteiger partial charge in [0.15, 0.2) is 0 Å². The molecule has 12 heteroatoms. The van der Waals surface area contributed by atoms with E-state index in [1.807, 2.05) is 0 Å². The first-order chi connectivity index (χ1) is 3.71. The van der Waals surface area contributed by atoms with E-state index in [0.717, 1.165) is 0 Å². The van der Waals surface area contributed by atoms with Crippen LogP contribution in [0.5, 0.6) is 0 Å². The van der Waals surface area contributed by atoms with Gasteiger partial charge in [-0.3, -0.25) is 0 Å². The quantitative estimate of drug-likeness (QED) is 0.453. The third kappa shape index (κ3) is 23.3. The van der Waals surface area contributed by atoms with Gasteiger partial charge in [-0.2, -0.15) is 0 Å². The molecule has 0 rings (SSSR count). The van der Waals surface area contributed by atoms with E-state index in [2.05, 4.69) is 4.12 Å². The molecule has 0 radical (unpaired) electrons. The van der Waals surface area contributed by atoms with Crippen molar-refractivity contribution in [1.82, 2.24) is 0 Å². The first kappa shape index (κ1) is 24.6. The summed E-state index contributed by atoms with van der Waals surface area (Å²) in [6, 6.07) is 0. The molecule has 0 amide bonds. The second-order valence-corrected chi connectivity index (χ2v) is 3.92. The van der Waals surface area contributed by atoms with Crippen molar-refractivity contribution in [2.45, 2.75) is 0 Å². The van der Waals surface area contributed by atoms with Crippen LogP contribution in [0.3, 0.4) is 0 Å². The molecule has 0 saturated carbocycles. The zero-order valence-electron chi connectivity index (χ0n) is 5.98. The Morgan fingerprint density at radius 2 is 0.833 bits per heavy atom. The first-order valence-electron chi connectivity index (χ1n) is 1.63. The van der Waals surface area contributed by atoms with Gasteiger partial charge in [0.05, 0.1) is 0 Å². The molecule has 0 saturated heterocycles. The predicted octanol–water partition coefficient (Wildman–Crippen LogP) is -9.11. The molecular formula is Ca2MgO7Si2. The van der Waals surface area contributed by atoms with Gasteiger partial charge in [-0.1, -0.05) is 0 Å². The van der Waals surface area contributed by atoms with Crippen molar-refractivity contribution in [1.29, 1.82) is 0 Å². The molecule has 0 aliphatic rings. The molecule has 0 aromatic carbocycles. The van der Waals surface area contributed by atoms with Crippen molar-refractivity contribution in [2.24, 2.45) is 0 Å². The van der Waals surface area contributed by atoms with Crippen LogP contribution in [0.15, 0.2) is 0 Å². The van der Waals surface area contributed by atoms with Crippen LogP contribution in [-0.2, 0) is 4.12 Å². The Balaban J connectivity index is -0.000000107. The van der Waals surface area contributed by atoms with Gasteiger partial charge < -0.3 is 32.9 Å². The summed E-state index contributed by atoms with van der Waals surface area (Å²) in [5, 5.41) is 0. The maximum Gasteiger partial charge on any atom is 2.00 e. The predicted molar refractivity (Wildman–Crippen MR) is 29.9 cm³/mol. The van der Waals surface area contributed by atoms with E-state index in [1.54, 1.807) is 0 Å². The molecule has 0 bridgehead atoms. The van der Waals surface area contributed by atoms with Gasteiger partial charge in [-0.05, 0) is 0 Å². The Kier molecular flexibility index (Phi) is 19.8. The average molecular weight is 273 g/mol. The monoisotopic (exact) mass is 272 g/mol. The Morgan fingerprint density at radius 1 is 0.667 bits per heavy atom. The fraction of sp³-hybridized carbons (Fsp3) is 0. The Bertz CT molecular complexity index is 84.6. The Morgan fingerprint density at radius 3 is 0.833 bits per heavy atom. The SMILES string of the molecule is [Ca+2].[Ca+2].[Mg+2].[O-][Si]([O-])([O-])O[Si]([O-])([O-])[O-]. The van der Waals surface area contributed by atoms with E-state index < -0.39 is 18.1 Å². The summed E-state index contributed by atoms with van der Waals surface area (Å²) in [6.07, 6.45) is 0. The maximum absolute atomic E-state index is 9.36. The molecule has 0 aromatic heterocycles. The fourth-order valence-electron chi connectivity index (χ4n) is 0.153. The molecule has 0 unspecified atom stereocenters. The van der Waals surface area contributed by atoms with E-state index in [1.165, 1.54) is 0 Å². The summed E-state index contributed by atoms with van der Waals surface area (Å²) in [6.45, 7) is 0. The topological polar surface area (TPSA) is 148 Å². The molecular weight excluding hydrogens is 273 g/mol. The van der Waals surface area contributed by atoms with Crippen molar-refractivity contribution in [3.8, 4) is 0 Å². The molecule has 0 atom stereocenters. The van der Waals surface area contributed by atoms with Gasteiger partial charge in [0, 0.05) is 0 Å². The van der Waals surface area contributed by atoms with Crippen LogP contribution < -0.4 is 28.8 Å². The number of hydrogen-bond donors (Lipinski definition) is 0. The molecule has 0 aliphatic heterocycles. The molecule has 0 fully saturated rings. The molecule has 12 heavy (non-hydrogen) atoms. The summed E-state index contributed by atoms with van der Waals surface area (Å²) in [7, 11) is -11.8. The minimum Gasteiger partial charge on any atom is -0.862 e. The van der Waals surface area contributed by atoms with Crippen LogP contribution in [0.1, 0.15) is 0 Å². The normalized spacial score (nSPS) is 10.5. The maximum atomic E-state index is 9.36. The minimum atomic E-state index is -5.92. The van der Waals surface area contributed by atoms with Crippen LogP contribution in [0.25, 0.3) is 0 Å². The van der Waals surface area contributed by atoms with Crippen LogP contribution in [0.2, 0.25) is 0 Å². The number of rotatable bonds is 2. The van der Waals surface area contributed by atoms with E-state index in [9.17, 15) is 28.8 Å². The van der Waals surface area contributed by atoms with Gasteiger partial charge in [0.1, 0.15) is 0 Å². The Labute approximate surface area is 147 Å². The summed E-state index contributed by atoms with van der Waals surface area (Å²) in [5.41, 5.74) is 0. The van der Waals surface area contributed by atoms with Crippen LogP contribution >= 0.6 is 0 Å². The molecule has 56 valence electrons. The zero-order chi connectivity index (χ0) is 7.71. The van der Waals surface area contributed by atoms with Crippen molar-refractivity contribution >= 4 is 117 Å².